The number of aryl methyl sites for hydroxylation is 2. The van der Waals surface area contributed by atoms with E-state index in [0.29, 0.717) is 6.04 Å². The van der Waals surface area contributed by atoms with Crippen LogP contribution in [0, 0.1) is 6.92 Å². The second kappa shape index (κ2) is 10.6. The lowest BCUT2D eigenvalue weighted by Gasteiger charge is -2.23. The Hall–Kier alpha value is -3.15. The lowest BCUT2D eigenvalue weighted by atomic mass is 10.1. The third-order valence-corrected chi connectivity index (χ3v) is 6.16. The van der Waals surface area contributed by atoms with Crippen LogP contribution in [0.15, 0.2) is 84.0 Å². The van der Waals surface area contributed by atoms with Crippen molar-refractivity contribution in [1.29, 1.82) is 0 Å². The summed E-state index contributed by atoms with van der Waals surface area (Å²) in [7, 11) is 1.96. The van der Waals surface area contributed by atoms with Gasteiger partial charge in [0.2, 0.25) is 0 Å². The van der Waals surface area contributed by atoms with Crippen LogP contribution < -0.4 is 20.8 Å². The highest BCUT2D eigenvalue weighted by Crippen LogP contribution is 2.38. The number of hydrogen-bond donors (Lipinski definition) is 2. The summed E-state index contributed by atoms with van der Waals surface area (Å²) < 4.78 is 6.46. The smallest absolute Gasteiger partial charge is 0.145 e. The van der Waals surface area contributed by atoms with E-state index in [1.165, 1.54) is 16.7 Å². The number of hydrogen-bond acceptors (Lipinski definition) is 5. The largest absolute Gasteiger partial charge is 0.483 e. The van der Waals surface area contributed by atoms with Crippen molar-refractivity contribution in [3.05, 3.63) is 95.6 Å². The summed E-state index contributed by atoms with van der Waals surface area (Å²) in [6.45, 7) is 8.27. The normalized spacial score (nSPS) is 22.2. The molecule has 3 N–H and O–H groups in total. The van der Waals surface area contributed by atoms with Crippen molar-refractivity contribution in [2.45, 2.75) is 38.3 Å². The van der Waals surface area contributed by atoms with E-state index in [1.807, 2.05) is 42.4 Å². The summed E-state index contributed by atoms with van der Waals surface area (Å²) in [4.78, 5) is 0. The Bertz CT molecular complexity index is 1080. The van der Waals surface area contributed by atoms with Crippen molar-refractivity contribution < 1.29 is 4.74 Å². The third-order valence-electron chi connectivity index (χ3n) is 6.16. The van der Waals surface area contributed by atoms with Gasteiger partial charge in [0.05, 0.1) is 5.71 Å². The van der Waals surface area contributed by atoms with Crippen molar-refractivity contribution in [3.8, 4) is 5.75 Å². The molecule has 0 spiro atoms. The van der Waals surface area contributed by atoms with Crippen molar-refractivity contribution in [1.82, 2.24) is 5.32 Å². The quantitative estimate of drug-likeness (QED) is 0.665. The summed E-state index contributed by atoms with van der Waals surface area (Å²) >= 11 is 0. The van der Waals surface area contributed by atoms with Gasteiger partial charge < -0.3 is 15.8 Å². The molecule has 1 fully saturated rings. The van der Waals surface area contributed by atoms with Crippen LogP contribution in [0.25, 0.3) is 0 Å². The minimum atomic E-state index is 0.0937. The van der Waals surface area contributed by atoms with Crippen LogP contribution >= 0.6 is 0 Å². The maximum atomic E-state index is 6.46. The molecule has 33 heavy (non-hydrogen) atoms. The van der Waals surface area contributed by atoms with Crippen LogP contribution in [0.2, 0.25) is 0 Å². The van der Waals surface area contributed by atoms with Gasteiger partial charge in [-0.3, -0.25) is 5.01 Å². The molecule has 3 aliphatic rings. The first-order valence-corrected chi connectivity index (χ1v) is 11.7. The molecular weight excluding hydrogens is 408 g/mol. The van der Waals surface area contributed by atoms with Crippen LogP contribution in [0.5, 0.6) is 5.75 Å². The van der Waals surface area contributed by atoms with Crippen LogP contribution in [-0.2, 0) is 6.42 Å². The molecule has 2 atom stereocenters. The molecule has 2 aromatic carbocycles. The SMILES string of the molecule is C=C1C=CC=C/C1=N/N(C)c1cc(C)ccc1O[C@H]1CCc2ccccc21.N[C@H]1CCNC1. The highest BCUT2D eigenvalue weighted by atomic mass is 16.5. The summed E-state index contributed by atoms with van der Waals surface area (Å²) in [6, 6.07) is 15.2. The van der Waals surface area contributed by atoms with Crippen LogP contribution in [-0.4, -0.2) is 31.9 Å². The number of fused-ring (bicyclic) bond motifs is 1. The van der Waals surface area contributed by atoms with Crippen molar-refractivity contribution >= 4 is 11.4 Å². The van der Waals surface area contributed by atoms with Gasteiger partial charge in [-0.05, 0) is 73.2 Å². The van der Waals surface area contributed by atoms with Crippen LogP contribution in [0.1, 0.15) is 35.6 Å². The third kappa shape index (κ3) is 5.81. The monoisotopic (exact) mass is 442 g/mol. The Labute approximate surface area is 197 Å². The van der Waals surface area contributed by atoms with Crippen molar-refractivity contribution in [2.75, 3.05) is 25.1 Å². The fourth-order valence-electron chi connectivity index (χ4n) is 4.27. The molecule has 1 aliphatic heterocycles. The van der Waals surface area contributed by atoms with Gasteiger partial charge in [0.25, 0.3) is 0 Å². The topological polar surface area (TPSA) is 62.9 Å². The van der Waals surface area contributed by atoms with Crippen LogP contribution in [0.3, 0.4) is 0 Å². The molecule has 2 aromatic rings. The zero-order valence-corrected chi connectivity index (χ0v) is 19.6. The van der Waals surface area contributed by atoms with Gasteiger partial charge >= 0.3 is 0 Å². The van der Waals surface area contributed by atoms with E-state index in [2.05, 4.69) is 55.2 Å². The van der Waals surface area contributed by atoms with Gasteiger partial charge in [0, 0.05) is 19.6 Å². The van der Waals surface area contributed by atoms with Gasteiger partial charge in [-0.25, -0.2) is 0 Å². The molecule has 5 rings (SSSR count). The molecule has 5 nitrogen and oxygen atoms in total. The summed E-state index contributed by atoms with van der Waals surface area (Å²) in [6.07, 6.45) is 11.2. The average molecular weight is 443 g/mol. The summed E-state index contributed by atoms with van der Waals surface area (Å²) in [5, 5.41) is 9.77. The first-order chi connectivity index (χ1) is 16.0. The first-order valence-electron chi connectivity index (χ1n) is 11.7. The van der Waals surface area contributed by atoms with E-state index in [4.69, 9.17) is 15.6 Å². The second-order valence-electron chi connectivity index (χ2n) is 8.82. The molecule has 1 heterocycles. The number of rotatable bonds is 4. The number of nitrogens with zero attached hydrogens (tertiary/aromatic N) is 2. The van der Waals surface area contributed by atoms with Gasteiger partial charge in [-0.1, -0.05) is 55.1 Å². The zero-order chi connectivity index (χ0) is 23.2. The van der Waals surface area contributed by atoms with Crippen LogP contribution in [0.4, 0.5) is 5.69 Å². The molecular formula is C28H34N4O. The summed E-state index contributed by atoms with van der Waals surface area (Å²) in [5.41, 5.74) is 12.1. The first kappa shape index (κ1) is 23.0. The summed E-state index contributed by atoms with van der Waals surface area (Å²) in [5.74, 6) is 0.857. The number of allylic oxidation sites excluding steroid dienone is 5. The molecule has 2 aliphatic carbocycles. The maximum Gasteiger partial charge on any atom is 0.145 e. The fourth-order valence-corrected chi connectivity index (χ4v) is 4.27. The number of ether oxygens (including phenoxy) is 1. The Morgan fingerprint density at radius 2 is 1.94 bits per heavy atom. The lowest BCUT2D eigenvalue weighted by Crippen LogP contribution is -2.21. The molecule has 0 radical (unpaired) electrons. The van der Waals surface area contributed by atoms with Gasteiger partial charge in [-0.2, -0.15) is 5.10 Å². The molecule has 0 amide bonds. The number of benzene rings is 2. The van der Waals surface area contributed by atoms with E-state index < -0.39 is 0 Å². The number of nitrogens with one attached hydrogen (secondary N) is 1. The lowest BCUT2D eigenvalue weighted by molar-refractivity contribution is 0.208. The minimum absolute atomic E-state index is 0.0937. The molecule has 0 saturated carbocycles. The highest BCUT2D eigenvalue weighted by molar-refractivity contribution is 6.11. The van der Waals surface area contributed by atoms with Gasteiger partial charge in [-0.15, -0.1) is 0 Å². The standard InChI is InChI=1S/C24H24N2O.C4H10N2/c1-17-12-14-24(27-23-15-13-19-9-5-6-10-20(19)23)22(16-17)26(3)25-21-11-7-4-8-18(21)2;5-4-1-2-6-3-4/h4-12,14,16,23H,2,13,15H2,1,3H3;4,6H,1-3,5H2/b25-21-;/t23-;4-/m00/s1. The molecule has 1 saturated heterocycles. The van der Waals surface area contributed by atoms with E-state index in [0.717, 1.165) is 55.1 Å². The fraction of sp³-hybridized carbons (Fsp3) is 0.321. The predicted molar refractivity (Wildman–Crippen MR) is 138 cm³/mol. The Morgan fingerprint density at radius 3 is 2.67 bits per heavy atom. The highest BCUT2D eigenvalue weighted by Gasteiger charge is 2.25. The Balaban J connectivity index is 0.000000376. The van der Waals surface area contributed by atoms with Gasteiger partial charge in [0.15, 0.2) is 0 Å². The Morgan fingerprint density at radius 1 is 1.12 bits per heavy atom. The predicted octanol–water partition coefficient (Wildman–Crippen LogP) is 4.84. The van der Waals surface area contributed by atoms with Gasteiger partial charge in [0.1, 0.15) is 17.5 Å². The molecule has 0 aromatic heterocycles. The minimum Gasteiger partial charge on any atom is -0.483 e. The Kier molecular flexibility index (Phi) is 7.43. The second-order valence-corrected chi connectivity index (χ2v) is 8.82. The average Bonchev–Trinajstić information content (AvgIpc) is 3.46. The molecule has 0 unspecified atom stereocenters. The van der Waals surface area contributed by atoms with Crippen molar-refractivity contribution in [2.24, 2.45) is 10.8 Å². The molecule has 172 valence electrons. The molecule has 5 heteroatoms. The number of anilines is 1. The van der Waals surface area contributed by atoms with E-state index in [-0.39, 0.29) is 6.10 Å². The molecule has 0 bridgehead atoms. The maximum absolute atomic E-state index is 6.46. The van der Waals surface area contributed by atoms with E-state index in [1.54, 1.807) is 0 Å². The van der Waals surface area contributed by atoms with Crippen molar-refractivity contribution in [3.63, 3.8) is 0 Å². The van der Waals surface area contributed by atoms with E-state index >= 15 is 0 Å². The zero-order valence-electron chi connectivity index (χ0n) is 19.6. The number of nitrogens with two attached hydrogens (primary N) is 1. The van der Waals surface area contributed by atoms with E-state index in [9.17, 15) is 0 Å². The number of hydrazone groups is 1.